The number of rotatable bonds is 8. The number of piperidine rings is 2. The Balaban J connectivity index is 0.00000288. The van der Waals surface area contributed by atoms with Gasteiger partial charge in [-0.25, -0.2) is 0 Å². The van der Waals surface area contributed by atoms with E-state index in [1.54, 1.807) is 34.1 Å². The molecule has 0 aromatic heterocycles. The minimum Gasteiger partial charge on any atom is -0.367 e. The summed E-state index contributed by atoms with van der Waals surface area (Å²) in [5.74, 6) is 0.0165. The van der Waals surface area contributed by atoms with E-state index in [9.17, 15) is 9.59 Å². The molecule has 46 heavy (non-hydrogen) atoms. The van der Waals surface area contributed by atoms with Crippen molar-refractivity contribution in [3.63, 3.8) is 0 Å². The molecule has 0 aliphatic carbocycles. The molecule has 3 aliphatic rings. The number of hydrogen-bond acceptors (Lipinski definition) is 5. The summed E-state index contributed by atoms with van der Waals surface area (Å²) in [6.45, 7) is 5.85. The molecule has 3 aliphatic heterocycles. The second-order valence-corrected chi connectivity index (χ2v) is 14.2. The van der Waals surface area contributed by atoms with Crippen LogP contribution < -0.4 is 0 Å². The summed E-state index contributed by atoms with van der Waals surface area (Å²) in [6, 6.07) is 10.7. The molecule has 2 aromatic rings. The summed E-state index contributed by atoms with van der Waals surface area (Å²) in [5.41, 5.74) is 0.384. The normalized spacial score (nSPS) is 22.0. The zero-order valence-electron chi connectivity index (χ0n) is 26.4. The van der Waals surface area contributed by atoms with Crippen molar-refractivity contribution in [3.8, 4) is 0 Å². The van der Waals surface area contributed by atoms with Crippen LogP contribution in [0, 0.1) is 0 Å². The first-order valence-electron chi connectivity index (χ1n) is 15.5. The molecule has 7 nitrogen and oxygen atoms in total. The van der Waals surface area contributed by atoms with E-state index in [1.807, 2.05) is 26.2 Å². The highest BCUT2D eigenvalue weighted by Crippen LogP contribution is 2.40. The monoisotopic (exact) mass is 754 g/mol. The first-order chi connectivity index (χ1) is 21.0. The van der Waals surface area contributed by atoms with Crippen LogP contribution in [-0.2, 0) is 15.1 Å². The van der Waals surface area contributed by atoms with Gasteiger partial charge in [0.25, 0.3) is 5.91 Å². The van der Waals surface area contributed by atoms with Gasteiger partial charge in [0.1, 0.15) is 5.60 Å². The van der Waals surface area contributed by atoms with E-state index in [1.165, 1.54) is 19.3 Å². The molecule has 13 heteroatoms. The van der Waals surface area contributed by atoms with Gasteiger partial charge < -0.3 is 19.4 Å². The molecule has 3 saturated heterocycles. The Labute approximate surface area is 305 Å². The lowest BCUT2D eigenvalue weighted by molar-refractivity contribution is -0.134. The minimum atomic E-state index is -0.782. The predicted octanol–water partition coefficient (Wildman–Crippen LogP) is 7.70. The van der Waals surface area contributed by atoms with Crippen LogP contribution in [0.25, 0.3) is 0 Å². The highest BCUT2D eigenvalue weighted by molar-refractivity contribution is 6.44. The van der Waals surface area contributed by atoms with E-state index in [0.717, 1.165) is 51.1 Å². The number of hydrogen-bond donors (Lipinski definition) is 0. The Bertz CT molecular complexity index is 1350. The summed E-state index contributed by atoms with van der Waals surface area (Å²) in [6.07, 6.45) is 6.77. The van der Waals surface area contributed by atoms with Crippen molar-refractivity contribution in [2.45, 2.75) is 56.1 Å². The summed E-state index contributed by atoms with van der Waals surface area (Å²) in [7, 11) is 3.70. The van der Waals surface area contributed by atoms with E-state index in [0.29, 0.717) is 53.2 Å². The third-order valence-corrected chi connectivity index (χ3v) is 11.3. The number of benzene rings is 2. The Kier molecular flexibility index (Phi) is 14.7. The molecule has 0 saturated carbocycles. The first kappa shape index (κ1) is 39.4. The molecule has 2 amide bonds. The van der Waals surface area contributed by atoms with Crippen LogP contribution in [0.2, 0.25) is 20.1 Å². The second-order valence-electron chi connectivity index (χ2n) is 12.6. The van der Waals surface area contributed by atoms with Gasteiger partial charge in [-0.15, -0.1) is 24.8 Å². The Hall–Kier alpha value is -1.000. The third kappa shape index (κ3) is 8.77. The molecule has 0 bridgehead atoms. The van der Waals surface area contributed by atoms with Crippen molar-refractivity contribution in [3.05, 3.63) is 67.6 Å². The summed E-state index contributed by atoms with van der Waals surface area (Å²) < 4.78 is 6.58. The third-order valence-electron chi connectivity index (χ3n) is 9.73. The lowest BCUT2D eigenvalue weighted by Crippen LogP contribution is -2.59. The standard InChI is InChI=1S/C33H42Cl4N4O3.2ClH/c1-38(2)29(42)22-32(41-14-4-3-5-15-41)11-16-39(17-12-32)18-13-33(24-9-10-26(34)28(36)21-24)23-40(19-20-44-33)31(43)25-7-6-8-27(35)30(25)37;;/h6-10,21H,3-5,11-20,22-23H2,1-2H3;2*1H. The first-order valence-corrected chi connectivity index (χ1v) is 17.1. The van der Waals surface area contributed by atoms with Crippen LogP contribution in [0.5, 0.6) is 0 Å². The zero-order chi connectivity index (χ0) is 31.5. The molecule has 5 rings (SSSR count). The average molecular weight is 757 g/mol. The molecule has 1 unspecified atom stereocenters. The predicted molar refractivity (Wildman–Crippen MR) is 193 cm³/mol. The van der Waals surface area contributed by atoms with Crippen LogP contribution in [-0.4, -0.2) is 103 Å². The summed E-state index contributed by atoms with van der Waals surface area (Å²) in [5, 5.41) is 1.52. The maximum absolute atomic E-state index is 13.7. The van der Waals surface area contributed by atoms with Gasteiger partial charge in [-0.2, -0.15) is 0 Å². The van der Waals surface area contributed by atoms with Crippen LogP contribution in [0.4, 0.5) is 0 Å². The molecule has 3 fully saturated rings. The Morgan fingerprint density at radius 1 is 0.870 bits per heavy atom. The van der Waals surface area contributed by atoms with Crippen molar-refractivity contribution in [1.82, 2.24) is 19.6 Å². The highest BCUT2D eigenvalue weighted by Gasteiger charge is 2.44. The summed E-state index contributed by atoms with van der Waals surface area (Å²) >= 11 is 25.5. The largest absolute Gasteiger partial charge is 0.367 e. The fraction of sp³-hybridized carbons (Fsp3) is 0.576. The van der Waals surface area contributed by atoms with Gasteiger partial charge in [-0.1, -0.05) is 65.0 Å². The van der Waals surface area contributed by atoms with Gasteiger partial charge in [0.2, 0.25) is 5.91 Å². The fourth-order valence-corrected chi connectivity index (χ4v) is 7.67. The number of halogens is 6. The van der Waals surface area contributed by atoms with Crippen LogP contribution in [0.1, 0.15) is 60.9 Å². The van der Waals surface area contributed by atoms with Crippen molar-refractivity contribution >= 4 is 83.0 Å². The van der Waals surface area contributed by atoms with Crippen LogP contribution in [0.15, 0.2) is 36.4 Å². The smallest absolute Gasteiger partial charge is 0.255 e. The SMILES string of the molecule is CN(C)C(=O)CC1(N2CCCCC2)CCN(CCC2(c3ccc(Cl)c(Cl)c3)CN(C(=O)c3cccc(Cl)c3Cl)CCO2)CC1.Cl.Cl. The van der Waals surface area contributed by atoms with Gasteiger partial charge >= 0.3 is 0 Å². The van der Waals surface area contributed by atoms with Gasteiger partial charge in [0.15, 0.2) is 0 Å². The highest BCUT2D eigenvalue weighted by atomic mass is 35.5. The molecule has 0 spiro atoms. The number of carbonyl (C=O) groups is 2. The number of morpholine rings is 1. The van der Waals surface area contributed by atoms with Crippen molar-refractivity contribution in [2.24, 2.45) is 0 Å². The van der Waals surface area contributed by atoms with E-state index in [-0.39, 0.29) is 47.2 Å². The van der Waals surface area contributed by atoms with E-state index in [2.05, 4.69) is 9.80 Å². The molecular weight excluding hydrogens is 713 g/mol. The van der Waals surface area contributed by atoms with E-state index < -0.39 is 5.60 Å². The van der Waals surface area contributed by atoms with Crippen molar-refractivity contribution in [2.75, 3.05) is 66.5 Å². The molecule has 0 radical (unpaired) electrons. The van der Waals surface area contributed by atoms with Gasteiger partial charge in [0.05, 0.1) is 38.8 Å². The zero-order valence-corrected chi connectivity index (χ0v) is 31.1. The number of likely N-dealkylation sites (tertiary alicyclic amines) is 2. The van der Waals surface area contributed by atoms with Crippen molar-refractivity contribution < 1.29 is 14.3 Å². The van der Waals surface area contributed by atoms with Crippen LogP contribution in [0.3, 0.4) is 0 Å². The fourth-order valence-electron chi connectivity index (χ4n) is 6.99. The molecule has 1 atom stereocenters. The second kappa shape index (κ2) is 17.1. The maximum Gasteiger partial charge on any atom is 0.255 e. The minimum absolute atomic E-state index is 0. The number of ether oxygens (including phenoxy) is 1. The molecular formula is C33H44Cl6N4O3. The number of amides is 2. The number of carbonyl (C=O) groups excluding carboxylic acids is 2. The Morgan fingerprint density at radius 2 is 1.57 bits per heavy atom. The maximum atomic E-state index is 13.7. The molecule has 256 valence electrons. The van der Waals surface area contributed by atoms with Gasteiger partial charge in [0, 0.05) is 39.1 Å². The Morgan fingerprint density at radius 3 is 2.22 bits per heavy atom. The molecule has 0 N–H and O–H groups in total. The van der Waals surface area contributed by atoms with E-state index in [4.69, 9.17) is 51.1 Å². The molecule has 2 aromatic carbocycles. The number of nitrogens with zero attached hydrogens (tertiary/aromatic N) is 4. The quantitative estimate of drug-likeness (QED) is 0.277. The topological polar surface area (TPSA) is 56.3 Å². The lowest BCUT2D eigenvalue weighted by Gasteiger charge is -2.51. The van der Waals surface area contributed by atoms with Crippen LogP contribution >= 0.6 is 71.2 Å². The average Bonchev–Trinajstić information content (AvgIpc) is 3.03. The van der Waals surface area contributed by atoms with Gasteiger partial charge in [-0.3, -0.25) is 14.5 Å². The summed E-state index contributed by atoms with van der Waals surface area (Å²) in [4.78, 5) is 35.3. The van der Waals surface area contributed by atoms with E-state index >= 15 is 0 Å². The van der Waals surface area contributed by atoms with Crippen molar-refractivity contribution in [1.29, 1.82) is 0 Å². The van der Waals surface area contributed by atoms with Gasteiger partial charge in [-0.05, 0) is 88.1 Å². The lowest BCUT2D eigenvalue weighted by atomic mass is 9.80. The molecule has 3 heterocycles.